The molecule has 1 aromatic carbocycles. The van der Waals surface area contributed by atoms with Crippen LogP contribution in [0.1, 0.15) is 37.7 Å². The molecule has 0 saturated carbocycles. The molecule has 5 nitrogen and oxygen atoms in total. The highest BCUT2D eigenvalue weighted by Crippen LogP contribution is 2.47. The maximum atomic E-state index is 12.4. The third kappa shape index (κ3) is 2.48. The highest BCUT2D eigenvalue weighted by Gasteiger charge is 2.51. The number of ether oxygens (including phenoxy) is 2. The molecule has 0 aliphatic carbocycles. The fourth-order valence-corrected chi connectivity index (χ4v) is 6.31. The zero-order chi connectivity index (χ0) is 16.0. The highest BCUT2D eigenvalue weighted by molar-refractivity contribution is 7.92. The van der Waals surface area contributed by atoms with Gasteiger partial charge in [0.05, 0.1) is 30.3 Å². The Morgan fingerprint density at radius 2 is 1.55 bits per heavy atom. The molecular weight excluding hydrogens is 304 g/mol. The minimum Gasteiger partial charge on any atom is -0.497 e. The van der Waals surface area contributed by atoms with Gasteiger partial charge in [-0.25, -0.2) is 8.42 Å². The summed E-state index contributed by atoms with van der Waals surface area (Å²) in [7, 11) is 0.0180. The molecule has 122 valence electrons. The Hall–Kier alpha value is -1.27. The summed E-state index contributed by atoms with van der Waals surface area (Å²) in [4.78, 5) is 0. The highest BCUT2D eigenvalue weighted by atomic mass is 32.2. The van der Waals surface area contributed by atoms with E-state index >= 15 is 0 Å². The Balaban J connectivity index is 2.01. The van der Waals surface area contributed by atoms with Crippen LogP contribution in [0.2, 0.25) is 0 Å². The third-order valence-electron chi connectivity index (χ3n) is 5.00. The van der Waals surface area contributed by atoms with Crippen molar-refractivity contribution in [2.45, 2.75) is 48.2 Å². The van der Waals surface area contributed by atoms with Crippen LogP contribution >= 0.6 is 0 Å². The van der Waals surface area contributed by atoms with Crippen LogP contribution in [0.15, 0.2) is 18.2 Å². The van der Waals surface area contributed by atoms with Crippen LogP contribution in [0.3, 0.4) is 0 Å². The summed E-state index contributed by atoms with van der Waals surface area (Å²) in [6.45, 7) is 0. The summed E-state index contributed by atoms with van der Waals surface area (Å²) in [5, 5.41) is 10.3. The molecule has 2 saturated heterocycles. The smallest absolute Gasteiger partial charge is 0.156 e. The first-order valence-electron chi connectivity index (χ1n) is 7.58. The number of sulfone groups is 1. The number of hydrogen-bond donors (Lipinski definition) is 1. The SMILES string of the molecule is COc1cc(OC)cc(C2(O)CC3CCCC(C2)S3(=O)=O)c1. The molecule has 2 aliphatic rings. The molecule has 22 heavy (non-hydrogen) atoms. The van der Waals surface area contributed by atoms with Crippen molar-refractivity contribution in [3.63, 3.8) is 0 Å². The van der Waals surface area contributed by atoms with Crippen LogP contribution in [0.4, 0.5) is 0 Å². The molecule has 3 rings (SSSR count). The number of aliphatic hydroxyl groups is 1. The van der Waals surface area contributed by atoms with Crippen LogP contribution in [-0.4, -0.2) is 38.2 Å². The van der Waals surface area contributed by atoms with Gasteiger partial charge < -0.3 is 14.6 Å². The Morgan fingerprint density at radius 3 is 2.00 bits per heavy atom. The summed E-state index contributed by atoms with van der Waals surface area (Å²) in [6.07, 6.45) is 2.71. The lowest BCUT2D eigenvalue weighted by molar-refractivity contribution is 0.00466. The maximum Gasteiger partial charge on any atom is 0.156 e. The summed E-state index contributed by atoms with van der Waals surface area (Å²) >= 11 is 0. The molecule has 2 unspecified atom stereocenters. The predicted octanol–water partition coefficient (Wildman–Crippen LogP) is 2.02. The predicted molar refractivity (Wildman–Crippen MR) is 83.0 cm³/mol. The number of methoxy groups -OCH3 is 2. The molecule has 0 amide bonds. The van der Waals surface area contributed by atoms with Crippen LogP contribution in [0, 0.1) is 0 Å². The standard InChI is InChI=1S/C16H22O5S/c1-20-12-6-11(7-13(8-12)21-2)16(17)9-14-4-3-5-15(10-16)22(14,18)19/h6-8,14-15,17H,3-5,9-10H2,1-2H3. The molecule has 1 N–H and O–H groups in total. The van der Waals surface area contributed by atoms with Crippen molar-refractivity contribution in [2.24, 2.45) is 0 Å². The average Bonchev–Trinajstić information content (AvgIpc) is 2.48. The van der Waals surface area contributed by atoms with E-state index in [0.29, 0.717) is 29.9 Å². The fourth-order valence-electron chi connectivity index (χ4n) is 3.76. The lowest BCUT2D eigenvalue weighted by Gasteiger charge is -2.44. The molecule has 0 radical (unpaired) electrons. The van der Waals surface area contributed by atoms with Gasteiger partial charge in [0, 0.05) is 6.07 Å². The monoisotopic (exact) mass is 326 g/mol. The van der Waals surface area contributed by atoms with Crippen molar-refractivity contribution in [3.05, 3.63) is 23.8 Å². The molecule has 2 fully saturated rings. The molecule has 2 heterocycles. The number of fused-ring (bicyclic) bond motifs is 2. The lowest BCUT2D eigenvalue weighted by atomic mass is 9.80. The Morgan fingerprint density at radius 1 is 1.05 bits per heavy atom. The zero-order valence-electron chi connectivity index (χ0n) is 12.9. The quantitative estimate of drug-likeness (QED) is 0.920. The van der Waals surface area contributed by atoms with Gasteiger partial charge in [0.1, 0.15) is 11.5 Å². The van der Waals surface area contributed by atoms with Crippen molar-refractivity contribution in [1.82, 2.24) is 0 Å². The van der Waals surface area contributed by atoms with Crippen molar-refractivity contribution >= 4 is 9.84 Å². The average molecular weight is 326 g/mol. The Kier molecular flexibility index (Phi) is 3.85. The molecular formula is C16H22O5S. The van der Waals surface area contributed by atoms with Crippen LogP contribution in [0.5, 0.6) is 11.5 Å². The summed E-state index contributed by atoms with van der Waals surface area (Å²) < 4.78 is 35.3. The number of benzene rings is 1. The molecule has 2 aliphatic heterocycles. The van der Waals surface area contributed by atoms with Crippen LogP contribution < -0.4 is 9.47 Å². The zero-order valence-corrected chi connectivity index (χ0v) is 13.7. The second-order valence-electron chi connectivity index (χ2n) is 6.31. The minimum atomic E-state index is -3.10. The van der Waals surface area contributed by atoms with Crippen LogP contribution in [0.25, 0.3) is 0 Å². The van der Waals surface area contributed by atoms with E-state index in [-0.39, 0.29) is 12.8 Å². The van der Waals surface area contributed by atoms with Gasteiger partial charge in [0.2, 0.25) is 0 Å². The molecule has 2 bridgehead atoms. The van der Waals surface area contributed by atoms with E-state index in [1.54, 1.807) is 32.4 Å². The van der Waals surface area contributed by atoms with E-state index in [9.17, 15) is 13.5 Å². The maximum absolute atomic E-state index is 12.4. The second kappa shape index (κ2) is 5.42. The van der Waals surface area contributed by atoms with E-state index in [2.05, 4.69) is 0 Å². The van der Waals surface area contributed by atoms with Gasteiger partial charge in [0.15, 0.2) is 9.84 Å². The van der Waals surface area contributed by atoms with Crippen molar-refractivity contribution < 1.29 is 23.0 Å². The fraction of sp³-hybridized carbons (Fsp3) is 0.625. The van der Waals surface area contributed by atoms with Gasteiger partial charge in [-0.3, -0.25) is 0 Å². The number of rotatable bonds is 3. The normalized spacial score (nSPS) is 33.2. The first-order chi connectivity index (χ1) is 10.4. The van der Waals surface area contributed by atoms with Crippen molar-refractivity contribution in [2.75, 3.05) is 14.2 Å². The van der Waals surface area contributed by atoms with Gasteiger partial charge >= 0.3 is 0 Å². The van der Waals surface area contributed by atoms with E-state index in [1.165, 1.54) is 0 Å². The van der Waals surface area contributed by atoms with Crippen molar-refractivity contribution in [3.8, 4) is 11.5 Å². The van der Waals surface area contributed by atoms with Gasteiger partial charge in [-0.1, -0.05) is 6.42 Å². The molecule has 6 heteroatoms. The third-order valence-corrected chi connectivity index (χ3v) is 7.66. The Labute approximate surface area is 131 Å². The largest absolute Gasteiger partial charge is 0.497 e. The summed E-state index contributed by atoms with van der Waals surface area (Å²) in [6, 6.07) is 5.29. The number of hydrogen-bond acceptors (Lipinski definition) is 5. The second-order valence-corrected chi connectivity index (χ2v) is 8.82. The molecule has 2 atom stereocenters. The first-order valence-corrected chi connectivity index (χ1v) is 9.18. The van der Waals surface area contributed by atoms with Crippen LogP contribution in [-0.2, 0) is 15.4 Å². The van der Waals surface area contributed by atoms with Crippen molar-refractivity contribution in [1.29, 1.82) is 0 Å². The van der Waals surface area contributed by atoms with Gasteiger partial charge in [0.25, 0.3) is 0 Å². The molecule has 0 spiro atoms. The Bertz CT molecular complexity index is 625. The van der Waals surface area contributed by atoms with Gasteiger partial charge in [-0.05, 0) is 43.4 Å². The summed E-state index contributed by atoms with van der Waals surface area (Å²) in [5.74, 6) is 1.20. The van der Waals surface area contributed by atoms with E-state index in [4.69, 9.17) is 9.47 Å². The lowest BCUT2D eigenvalue weighted by Crippen LogP contribution is -2.50. The van der Waals surface area contributed by atoms with E-state index in [1.807, 2.05) is 0 Å². The van der Waals surface area contributed by atoms with E-state index in [0.717, 1.165) is 6.42 Å². The first kappa shape index (κ1) is 15.6. The minimum absolute atomic E-state index is 0.252. The summed E-state index contributed by atoms with van der Waals surface area (Å²) in [5.41, 5.74) is -0.460. The molecule has 1 aromatic rings. The van der Waals surface area contributed by atoms with Gasteiger partial charge in [-0.15, -0.1) is 0 Å². The molecule has 0 aromatic heterocycles. The topological polar surface area (TPSA) is 72.8 Å². The van der Waals surface area contributed by atoms with Gasteiger partial charge in [-0.2, -0.15) is 0 Å². The van der Waals surface area contributed by atoms with E-state index < -0.39 is 25.9 Å².